The van der Waals surface area contributed by atoms with Gasteiger partial charge in [0.1, 0.15) is 0 Å². The van der Waals surface area contributed by atoms with E-state index in [0.717, 1.165) is 11.9 Å². The summed E-state index contributed by atoms with van der Waals surface area (Å²) in [6.07, 6.45) is 24.3. The molecule has 0 aliphatic heterocycles. The van der Waals surface area contributed by atoms with Crippen LogP contribution >= 0.6 is 0 Å². The fourth-order valence-corrected chi connectivity index (χ4v) is 2.61. The lowest BCUT2D eigenvalue weighted by Crippen LogP contribution is -2.69. The standard InChI is InChI=1S/C18H37NO/c1-2-3-4-5-6-7-8-9-10-11-12-13-14-15-16-17-18-19-20/h17-18H,2-16,19H2,1H3. The van der Waals surface area contributed by atoms with Gasteiger partial charge in [-0.2, -0.15) is 0 Å². The van der Waals surface area contributed by atoms with E-state index in [9.17, 15) is 5.21 Å². The van der Waals surface area contributed by atoms with E-state index < -0.39 is 0 Å². The van der Waals surface area contributed by atoms with Crippen LogP contribution in [0.5, 0.6) is 0 Å². The fourth-order valence-electron chi connectivity index (χ4n) is 2.61. The predicted molar refractivity (Wildman–Crippen MR) is 89.4 cm³/mol. The first-order chi connectivity index (χ1) is 9.91. The number of quaternary nitrogens is 1. The Hall–Kier alpha value is -0.340. The van der Waals surface area contributed by atoms with E-state index >= 15 is 0 Å². The number of hydroxylamine groups is 1. The van der Waals surface area contributed by atoms with Crippen LogP contribution in [0.3, 0.4) is 0 Å². The molecule has 0 rings (SSSR count). The Morgan fingerprint density at radius 3 is 1.45 bits per heavy atom. The Morgan fingerprint density at radius 1 is 0.650 bits per heavy atom. The Bertz CT molecular complexity index is 192. The largest absolute Gasteiger partial charge is 0.631 e. The maximum atomic E-state index is 10.1. The van der Waals surface area contributed by atoms with Crippen molar-refractivity contribution in [3.05, 3.63) is 17.5 Å². The van der Waals surface area contributed by atoms with Gasteiger partial charge in [0.15, 0.2) is 0 Å². The van der Waals surface area contributed by atoms with Gasteiger partial charge in [-0.15, -0.1) is 0 Å². The summed E-state index contributed by atoms with van der Waals surface area (Å²) in [5, 5.41) is 10.1. The molecule has 0 atom stereocenters. The molecule has 2 N–H and O–H groups in total. The first-order valence-corrected chi connectivity index (χ1v) is 9.02. The van der Waals surface area contributed by atoms with Gasteiger partial charge in [-0.25, -0.2) is 0 Å². The topological polar surface area (TPSA) is 39.7 Å². The van der Waals surface area contributed by atoms with Crippen molar-refractivity contribution in [3.63, 3.8) is 0 Å². The van der Waals surface area contributed by atoms with Crippen molar-refractivity contribution < 1.29 is 5.48 Å². The zero-order chi connectivity index (χ0) is 14.7. The third-order valence-corrected chi connectivity index (χ3v) is 3.94. The number of hydrogen-bond donors (Lipinski definition) is 1. The molecule has 120 valence electrons. The Morgan fingerprint density at radius 2 is 1.05 bits per heavy atom. The lowest BCUT2D eigenvalue weighted by molar-refractivity contribution is -0.514. The molecule has 0 saturated carbocycles. The quantitative estimate of drug-likeness (QED) is 0.297. The minimum atomic E-state index is 0.865. The summed E-state index contributed by atoms with van der Waals surface area (Å²) in [6.45, 7) is 2.28. The van der Waals surface area contributed by atoms with Crippen molar-refractivity contribution in [2.45, 2.75) is 103 Å². The fraction of sp³-hybridized carbons (Fsp3) is 0.889. The Labute approximate surface area is 127 Å². The van der Waals surface area contributed by atoms with Crippen molar-refractivity contribution in [1.29, 1.82) is 0 Å². The van der Waals surface area contributed by atoms with E-state index in [1.54, 1.807) is 6.20 Å². The smallest absolute Gasteiger partial charge is 0.0885 e. The minimum Gasteiger partial charge on any atom is -0.631 e. The summed E-state index contributed by atoms with van der Waals surface area (Å²) in [6, 6.07) is 0. The zero-order valence-corrected chi connectivity index (χ0v) is 13.7. The van der Waals surface area contributed by atoms with Crippen LogP contribution in [0.2, 0.25) is 0 Å². The molecular formula is C18H37NO. The summed E-state index contributed by atoms with van der Waals surface area (Å²) < 4.78 is 0. The van der Waals surface area contributed by atoms with E-state index in [1.807, 2.05) is 6.08 Å². The molecule has 0 heterocycles. The first kappa shape index (κ1) is 19.7. The van der Waals surface area contributed by atoms with Crippen LogP contribution in [0.4, 0.5) is 0 Å². The van der Waals surface area contributed by atoms with E-state index in [0.29, 0.717) is 0 Å². The molecule has 0 amide bonds. The summed E-state index contributed by atoms with van der Waals surface area (Å²) >= 11 is 0. The number of unbranched alkanes of at least 4 members (excludes halogenated alkanes) is 14. The van der Waals surface area contributed by atoms with Crippen LogP contribution in [0.1, 0.15) is 103 Å². The third kappa shape index (κ3) is 17.7. The Kier molecular flexibility index (Phi) is 18.3. The van der Waals surface area contributed by atoms with Crippen LogP contribution in [-0.2, 0) is 0 Å². The lowest BCUT2D eigenvalue weighted by atomic mass is 10.0. The molecule has 0 aromatic carbocycles. The highest BCUT2D eigenvalue weighted by Crippen LogP contribution is 2.13. The molecule has 0 bridgehead atoms. The van der Waals surface area contributed by atoms with Crippen molar-refractivity contribution in [3.8, 4) is 0 Å². The molecular weight excluding hydrogens is 246 g/mol. The molecule has 0 radical (unpaired) electrons. The molecule has 0 aromatic heterocycles. The van der Waals surface area contributed by atoms with Crippen molar-refractivity contribution >= 4 is 0 Å². The van der Waals surface area contributed by atoms with Crippen LogP contribution in [0.25, 0.3) is 0 Å². The van der Waals surface area contributed by atoms with Crippen molar-refractivity contribution in [2.24, 2.45) is 0 Å². The van der Waals surface area contributed by atoms with Crippen molar-refractivity contribution in [1.82, 2.24) is 0 Å². The molecule has 0 fully saturated rings. The Balaban J connectivity index is 2.94. The maximum absolute atomic E-state index is 10.1. The first-order valence-electron chi connectivity index (χ1n) is 9.02. The molecule has 2 nitrogen and oxygen atoms in total. The average Bonchev–Trinajstić information content (AvgIpc) is 2.47. The van der Waals surface area contributed by atoms with E-state index in [2.05, 4.69) is 6.92 Å². The monoisotopic (exact) mass is 283 g/mol. The van der Waals surface area contributed by atoms with Gasteiger partial charge in [0.25, 0.3) is 0 Å². The van der Waals surface area contributed by atoms with Gasteiger partial charge in [-0.1, -0.05) is 90.4 Å². The van der Waals surface area contributed by atoms with Crippen LogP contribution in [0, 0.1) is 5.21 Å². The van der Waals surface area contributed by atoms with Gasteiger partial charge < -0.3 is 10.7 Å². The molecule has 2 heteroatoms. The molecule has 20 heavy (non-hydrogen) atoms. The highest BCUT2D eigenvalue weighted by atomic mass is 16.5. The number of rotatable bonds is 16. The van der Waals surface area contributed by atoms with E-state index in [1.165, 1.54) is 89.9 Å². The highest BCUT2D eigenvalue weighted by Gasteiger charge is 1.93. The van der Waals surface area contributed by atoms with Gasteiger partial charge in [-0.05, 0) is 18.9 Å². The maximum Gasteiger partial charge on any atom is 0.0885 e. The molecule has 0 aliphatic rings. The van der Waals surface area contributed by atoms with Gasteiger partial charge in [0, 0.05) is 0 Å². The summed E-state index contributed by atoms with van der Waals surface area (Å²) in [4.78, 5) is 0. The predicted octanol–water partition coefficient (Wildman–Crippen LogP) is 5.43. The van der Waals surface area contributed by atoms with Crippen LogP contribution < -0.4 is 5.48 Å². The second-order valence-electron chi connectivity index (χ2n) is 5.95. The van der Waals surface area contributed by atoms with Gasteiger partial charge in [0.2, 0.25) is 0 Å². The van der Waals surface area contributed by atoms with E-state index in [-0.39, 0.29) is 0 Å². The number of allylic oxidation sites excluding steroid dienone is 1. The minimum absolute atomic E-state index is 0.865. The van der Waals surface area contributed by atoms with Gasteiger partial charge >= 0.3 is 0 Å². The molecule has 0 saturated heterocycles. The molecule has 0 aliphatic carbocycles. The lowest BCUT2D eigenvalue weighted by Gasteiger charge is -2.02. The summed E-state index contributed by atoms with van der Waals surface area (Å²) in [7, 11) is 0. The van der Waals surface area contributed by atoms with E-state index in [4.69, 9.17) is 0 Å². The van der Waals surface area contributed by atoms with Gasteiger partial charge in [-0.3, -0.25) is 0 Å². The molecule has 0 spiro atoms. The highest BCUT2D eigenvalue weighted by molar-refractivity contribution is 4.70. The number of nitrogens with two attached hydrogens (primary N) is 1. The third-order valence-electron chi connectivity index (χ3n) is 3.94. The molecule has 0 aromatic rings. The van der Waals surface area contributed by atoms with Gasteiger partial charge in [0.05, 0.1) is 6.20 Å². The number of hydrogen-bond acceptors (Lipinski definition) is 1. The summed E-state index contributed by atoms with van der Waals surface area (Å²) in [5.41, 5.74) is 0.865. The normalized spacial score (nSPS) is 11.5. The van der Waals surface area contributed by atoms with Crippen LogP contribution in [-0.4, -0.2) is 0 Å². The second-order valence-corrected chi connectivity index (χ2v) is 5.95. The molecule has 0 unspecified atom stereocenters. The summed E-state index contributed by atoms with van der Waals surface area (Å²) in [5.74, 6) is 0. The zero-order valence-electron chi connectivity index (χ0n) is 13.7. The van der Waals surface area contributed by atoms with Crippen molar-refractivity contribution in [2.75, 3.05) is 0 Å². The average molecular weight is 283 g/mol. The SMILES string of the molecule is CCCCCCCCCCCCCCCCC=C[NH2+][O-]. The van der Waals surface area contributed by atoms with Crippen LogP contribution in [0.15, 0.2) is 12.3 Å². The second kappa shape index (κ2) is 18.7.